The minimum Gasteiger partial charge on any atom is -0.508 e. The van der Waals surface area contributed by atoms with Crippen LogP contribution in [0.25, 0.3) is 0 Å². The molecule has 7 heteroatoms. The fourth-order valence-electron chi connectivity index (χ4n) is 3.50. The molecule has 2 amide bonds. The van der Waals surface area contributed by atoms with E-state index in [1.54, 1.807) is 30.3 Å². The van der Waals surface area contributed by atoms with Gasteiger partial charge in [-0.1, -0.05) is 0 Å². The van der Waals surface area contributed by atoms with E-state index in [-0.39, 0.29) is 23.4 Å². The second-order valence-electron chi connectivity index (χ2n) is 7.29. The number of rotatable bonds is 6. The van der Waals surface area contributed by atoms with Crippen LogP contribution < -0.4 is 11.1 Å². The molecule has 0 unspecified atom stereocenters. The zero-order valence-electron chi connectivity index (χ0n) is 16.5. The van der Waals surface area contributed by atoms with Crippen molar-refractivity contribution in [2.75, 3.05) is 19.6 Å². The van der Waals surface area contributed by atoms with Crippen molar-refractivity contribution in [3.8, 4) is 5.75 Å². The minimum absolute atomic E-state index is 0.0211. The van der Waals surface area contributed by atoms with Crippen LogP contribution in [0.1, 0.15) is 50.2 Å². The van der Waals surface area contributed by atoms with Crippen LogP contribution in [0.15, 0.2) is 36.4 Å². The van der Waals surface area contributed by atoms with E-state index in [4.69, 9.17) is 11.1 Å². The van der Waals surface area contributed by atoms with Gasteiger partial charge < -0.3 is 21.1 Å². The Balaban J connectivity index is 1.61. The molecular formula is C22H26N4O3. The Morgan fingerprint density at radius 3 is 2.48 bits per heavy atom. The molecule has 0 aromatic heterocycles. The molecule has 0 atom stereocenters. The first-order chi connectivity index (χ1) is 13.9. The minimum atomic E-state index is -0.240. The highest BCUT2D eigenvalue weighted by Gasteiger charge is 2.21. The Kier molecular flexibility index (Phi) is 6.16. The predicted octanol–water partition coefficient (Wildman–Crippen LogP) is 2.19. The summed E-state index contributed by atoms with van der Waals surface area (Å²) in [5, 5.41) is 20.3. The van der Waals surface area contributed by atoms with Crippen LogP contribution in [-0.2, 0) is 6.42 Å². The average Bonchev–Trinajstić information content (AvgIpc) is 3.23. The molecule has 1 heterocycles. The molecule has 0 saturated carbocycles. The lowest BCUT2D eigenvalue weighted by atomic mass is 10.0. The summed E-state index contributed by atoms with van der Waals surface area (Å²) in [7, 11) is 0. The van der Waals surface area contributed by atoms with E-state index >= 15 is 0 Å². The van der Waals surface area contributed by atoms with Gasteiger partial charge in [0.1, 0.15) is 11.6 Å². The maximum atomic E-state index is 12.6. The topological polar surface area (TPSA) is 120 Å². The van der Waals surface area contributed by atoms with E-state index in [0.717, 1.165) is 31.5 Å². The fraction of sp³-hybridized carbons (Fsp3) is 0.318. The standard InChI is InChI=1S/C22H26N4O3/c1-14-12-17(4-6-18(14)22(29)26-10-2-3-11-26)21(28)25-9-8-15-13-16(20(23)24)5-7-19(15)27/h4-7,12-13,27H,2-3,8-11H2,1H3,(H3,23,24)(H,25,28). The zero-order valence-corrected chi connectivity index (χ0v) is 16.5. The average molecular weight is 394 g/mol. The second kappa shape index (κ2) is 8.77. The van der Waals surface area contributed by atoms with Crippen molar-refractivity contribution in [1.82, 2.24) is 10.2 Å². The third kappa shape index (κ3) is 4.74. The molecule has 2 aromatic carbocycles. The smallest absolute Gasteiger partial charge is 0.254 e. The number of nitrogen functional groups attached to an aromatic ring is 1. The maximum Gasteiger partial charge on any atom is 0.254 e. The first kappa shape index (κ1) is 20.4. The number of phenols is 1. The lowest BCUT2D eigenvalue weighted by molar-refractivity contribution is 0.0791. The molecule has 0 bridgehead atoms. The summed E-state index contributed by atoms with van der Waals surface area (Å²) in [6.07, 6.45) is 2.48. The van der Waals surface area contributed by atoms with Crippen molar-refractivity contribution in [3.05, 3.63) is 64.2 Å². The molecule has 1 aliphatic heterocycles. The van der Waals surface area contributed by atoms with Crippen molar-refractivity contribution in [1.29, 1.82) is 5.41 Å². The largest absolute Gasteiger partial charge is 0.508 e. The van der Waals surface area contributed by atoms with Crippen LogP contribution in [0.4, 0.5) is 0 Å². The monoisotopic (exact) mass is 394 g/mol. The van der Waals surface area contributed by atoms with Gasteiger partial charge in [-0.2, -0.15) is 0 Å². The summed E-state index contributed by atoms with van der Waals surface area (Å²) in [6, 6.07) is 9.83. The van der Waals surface area contributed by atoms with E-state index in [9.17, 15) is 14.7 Å². The number of hydrogen-bond donors (Lipinski definition) is 4. The summed E-state index contributed by atoms with van der Waals surface area (Å²) in [6.45, 7) is 3.74. The van der Waals surface area contributed by atoms with Crippen LogP contribution in [0, 0.1) is 12.3 Å². The lowest BCUT2D eigenvalue weighted by Gasteiger charge is -2.17. The summed E-state index contributed by atoms with van der Waals surface area (Å²) < 4.78 is 0. The molecule has 7 nitrogen and oxygen atoms in total. The number of hydrogen-bond acceptors (Lipinski definition) is 4. The Hall–Kier alpha value is -3.35. The van der Waals surface area contributed by atoms with Gasteiger partial charge in [0.2, 0.25) is 0 Å². The molecule has 1 fully saturated rings. The fourth-order valence-corrected chi connectivity index (χ4v) is 3.50. The number of carbonyl (C=O) groups excluding carboxylic acids is 2. The summed E-state index contributed by atoms with van der Waals surface area (Å²) in [5.74, 6) is -0.192. The molecule has 3 rings (SSSR count). The van der Waals surface area contributed by atoms with Crippen LogP contribution in [0.2, 0.25) is 0 Å². The van der Waals surface area contributed by atoms with Crippen LogP contribution in [0.3, 0.4) is 0 Å². The van der Waals surface area contributed by atoms with E-state index in [0.29, 0.717) is 35.2 Å². The van der Waals surface area contributed by atoms with Gasteiger partial charge in [0, 0.05) is 36.3 Å². The third-order valence-corrected chi connectivity index (χ3v) is 5.18. The number of phenolic OH excluding ortho intramolecular Hbond substituents is 1. The first-order valence-electron chi connectivity index (χ1n) is 9.71. The van der Waals surface area contributed by atoms with Gasteiger partial charge in [-0.15, -0.1) is 0 Å². The Bertz CT molecular complexity index is 949. The SMILES string of the molecule is Cc1cc(C(=O)NCCc2cc(C(=N)N)ccc2O)ccc1C(=O)N1CCCC1. The van der Waals surface area contributed by atoms with Crippen LogP contribution in [0.5, 0.6) is 5.75 Å². The van der Waals surface area contributed by atoms with Crippen molar-refractivity contribution in [2.24, 2.45) is 5.73 Å². The molecule has 2 aromatic rings. The third-order valence-electron chi connectivity index (χ3n) is 5.18. The Morgan fingerprint density at radius 2 is 1.83 bits per heavy atom. The van der Waals surface area contributed by atoms with Crippen molar-refractivity contribution in [3.63, 3.8) is 0 Å². The molecule has 152 valence electrons. The number of benzene rings is 2. The van der Waals surface area contributed by atoms with Gasteiger partial charge in [0.05, 0.1) is 0 Å². The van der Waals surface area contributed by atoms with E-state index < -0.39 is 0 Å². The van der Waals surface area contributed by atoms with E-state index in [1.807, 2.05) is 11.8 Å². The van der Waals surface area contributed by atoms with E-state index in [1.165, 1.54) is 6.07 Å². The number of nitrogens with zero attached hydrogens (tertiary/aromatic N) is 1. The molecule has 0 spiro atoms. The van der Waals surface area contributed by atoms with Crippen molar-refractivity contribution >= 4 is 17.6 Å². The van der Waals surface area contributed by atoms with Gasteiger partial charge in [0.25, 0.3) is 11.8 Å². The lowest BCUT2D eigenvalue weighted by Crippen LogP contribution is -2.29. The number of nitrogens with two attached hydrogens (primary N) is 1. The van der Waals surface area contributed by atoms with Gasteiger partial charge >= 0.3 is 0 Å². The number of amides is 2. The Labute approximate surface area is 170 Å². The maximum absolute atomic E-state index is 12.6. The number of aryl methyl sites for hydroxylation is 1. The quantitative estimate of drug-likeness (QED) is 0.443. The Morgan fingerprint density at radius 1 is 1.14 bits per heavy atom. The van der Waals surface area contributed by atoms with Gasteiger partial charge in [0.15, 0.2) is 0 Å². The highest BCUT2D eigenvalue weighted by Crippen LogP contribution is 2.19. The van der Waals surface area contributed by atoms with Gasteiger partial charge in [-0.3, -0.25) is 15.0 Å². The molecule has 1 aliphatic rings. The molecular weight excluding hydrogens is 368 g/mol. The van der Waals surface area contributed by atoms with Gasteiger partial charge in [-0.25, -0.2) is 0 Å². The molecule has 1 saturated heterocycles. The summed E-state index contributed by atoms with van der Waals surface area (Å²) in [4.78, 5) is 26.9. The number of likely N-dealkylation sites (tertiary alicyclic amines) is 1. The highest BCUT2D eigenvalue weighted by atomic mass is 16.3. The van der Waals surface area contributed by atoms with Crippen molar-refractivity contribution < 1.29 is 14.7 Å². The number of amidine groups is 1. The predicted molar refractivity (Wildman–Crippen MR) is 111 cm³/mol. The number of carbonyl (C=O) groups is 2. The van der Waals surface area contributed by atoms with E-state index in [2.05, 4.69) is 5.32 Å². The van der Waals surface area contributed by atoms with Crippen LogP contribution >= 0.6 is 0 Å². The van der Waals surface area contributed by atoms with Crippen molar-refractivity contribution in [2.45, 2.75) is 26.2 Å². The second-order valence-corrected chi connectivity index (χ2v) is 7.29. The number of nitrogens with one attached hydrogen (secondary N) is 2. The van der Waals surface area contributed by atoms with Gasteiger partial charge in [-0.05, 0) is 73.7 Å². The zero-order chi connectivity index (χ0) is 21.0. The highest BCUT2D eigenvalue weighted by molar-refractivity contribution is 5.99. The number of aromatic hydroxyl groups is 1. The van der Waals surface area contributed by atoms with Crippen LogP contribution in [-0.4, -0.2) is 47.3 Å². The summed E-state index contributed by atoms with van der Waals surface area (Å²) in [5.41, 5.74) is 8.52. The molecule has 5 N–H and O–H groups in total. The first-order valence-corrected chi connectivity index (χ1v) is 9.71. The normalized spacial score (nSPS) is 13.3. The summed E-state index contributed by atoms with van der Waals surface area (Å²) >= 11 is 0. The molecule has 29 heavy (non-hydrogen) atoms. The molecule has 0 aliphatic carbocycles. The molecule has 0 radical (unpaired) electrons.